The molecule has 0 N–H and O–H groups in total. The van der Waals surface area contributed by atoms with Gasteiger partial charge in [-0.25, -0.2) is 9.59 Å². The standard InChI is InChI=1S/C21H15BrO4/c22-19-12-5-4-11-18(19)21(24)25-14-15-7-6-8-16(13-15)20(23)26-17-9-2-1-3-10-17/h1-13H,14H2. The summed E-state index contributed by atoms with van der Waals surface area (Å²) < 4.78 is 11.3. The largest absolute Gasteiger partial charge is 0.457 e. The molecule has 0 amide bonds. The van der Waals surface area contributed by atoms with E-state index in [-0.39, 0.29) is 6.61 Å². The highest BCUT2D eigenvalue weighted by Crippen LogP contribution is 2.18. The quantitative estimate of drug-likeness (QED) is 0.437. The second kappa shape index (κ2) is 8.45. The Morgan fingerprint density at radius 1 is 0.808 bits per heavy atom. The third-order valence-electron chi connectivity index (χ3n) is 3.58. The maximum Gasteiger partial charge on any atom is 0.343 e. The highest BCUT2D eigenvalue weighted by Gasteiger charge is 2.12. The fourth-order valence-corrected chi connectivity index (χ4v) is 2.74. The first kappa shape index (κ1) is 17.9. The number of hydrogen-bond acceptors (Lipinski definition) is 4. The normalized spacial score (nSPS) is 10.2. The zero-order chi connectivity index (χ0) is 18.4. The van der Waals surface area contributed by atoms with Crippen molar-refractivity contribution in [3.63, 3.8) is 0 Å². The number of rotatable bonds is 5. The highest BCUT2D eigenvalue weighted by atomic mass is 79.9. The topological polar surface area (TPSA) is 52.6 Å². The van der Waals surface area contributed by atoms with E-state index in [0.717, 1.165) is 0 Å². The van der Waals surface area contributed by atoms with E-state index in [0.29, 0.717) is 26.9 Å². The molecule has 3 aromatic carbocycles. The summed E-state index contributed by atoms with van der Waals surface area (Å²) in [5.74, 6) is -0.423. The summed E-state index contributed by atoms with van der Waals surface area (Å²) in [6.45, 7) is 0.0621. The number of hydrogen-bond donors (Lipinski definition) is 0. The van der Waals surface area contributed by atoms with Gasteiger partial charge in [-0.15, -0.1) is 0 Å². The first-order chi connectivity index (χ1) is 12.6. The molecule has 0 saturated carbocycles. The predicted molar refractivity (Wildman–Crippen MR) is 101 cm³/mol. The second-order valence-corrected chi connectivity index (χ2v) is 6.31. The zero-order valence-electron chi connectivity index (χ0n) is 13.7. The Bertz CT molecular complexity index is 922. The number of esters is 2. The van der Waals surface area contributed by atoms with E-state index in [2.05, 4.69) is 15.9 Å². The minimum atomic E-state index is -0.463. The van der Waals surface area contributed by atoms with Crippen LogP contribution >= 0.6 is 15.9 Å². The minimum absolute atomic E-state index is 0.0621. The van der Waals surface area contributed by atoms with Gasteiger partial charge in [-0.2, -0.15) is 0 Å². The molecule has 3 aromatic rings. The van der Waals surface area contributed by atoms with Crippen LogP contribution in [0.5, 0.6) is 5.75 Å². The van der Waals surface area contributed by atoms with Gasteiger partial charge in [-0.05, 0) is 57.9 Å². The van der Waals surface area contributed by atoms with Gasteiger partial charge in [0.15, 0.2) is 0 Å². The molecule has 0 fully saturated rings. The van der Waals surface area contributed by atoms with Crippen LogP contribution in [0.1, 0.15) is 26.3 Å². The molecule has 0 aliphatic rings. The van der Waals surface area contributed by atoms with E-state index < -0.39 is 11.9 Å². The van der Waals surface area contributed by atoms with Crippen molar-refractivity contribution < 1.29 is 19.1 Å². The van der Waals surface area contributed by atoms with Gasteiger partial charge in [0.1, 0.15) is 12.4 Å². The molecule has 3 rings (SSSR count). The van der Waals surface area contributed by atoms with Crippen molar-refractivity contribution in [2.75, 3.05) is 0 Å². The van der Waals surface area contributed by atoms with Crippen LogP contribution in [0.25, 0.3) is 0 Å². The molecule has 0 saturated heterocycles. The first-order valence-electron chi connectivity index (χ1n) is 7.91. The lowest BCUT2D eigenvalue weighted by atomic mass is 10.1. The van der Waals surface area contributed by atoms with Crippen LogP contribution in [0.2, 0.25) is 0 Å². The number of ether oxygens (including phenoxy) is 2. The van der Waals surface area contributed by atoms with Gasteiger partial charge < -0.3 is 9.47 Å². The molecule has 0 bridgehead atoms. The number of para-hydroxylation sites is 1. The molecule has 0 atom stereocenters. The summed E-state index contributed by atoms with van der Waals surface area (Å²) in [5, 5.41) is 0. The number of halogens is 1. The average Bonchev–Trinajstić information content (AvgIpc) is 2.67. The maximum absolute atomic E-state index is 12.2. The van der Waals surface area contributed by atoms with Gasteiger partial charge in [-0.1, -0.05) is 42.5 Å². The highest BCUT2D eigenvalue weighted by molar-refractivity contribution is 9.10. The molecule has 0 heterocycles. The van der Waals surface area contributed by atoms with Gasteiger partial charge in [0.2, 0.25) is 0 Å². The van der Waals surface area contributed by atoms with Gasteiger partial charge in [0.05, 0.1) is 11.1 Å². The Morgan fingerprint density at radius 2 is 1.54 bits per heavy atom. The summed E-state index contributed by atoms with van der Waals surface area (Å²) in [4.78, 5) is 24.4. The molecule has 0 aliphatic heterocycles. The van der Waals surface area contributed by atoms with E-state index >= 15 is 0 Å². The van der Waals surface area contributed by atoms with E-state index in [1.165, 1.54) is 0 Å². The average molecular weight is 411 g/mol. The lowest BCUT2D eigenvalue weighted by Gasteiger charge is -2.08. The molecule has 130 valence electrons. The van der Waals surface area contributed by atoms with Gasteiger partial charge >= 0.3 is 11.9 Å². The smallest absolute Gasteiger partial charge is 0.343 e. The Hall–Kier alpha value is -2.92. The van der Waals surface area contributed by atoms with Crippen molar-refractivity contribution in [1.29, 1.82) is 0 Å². The fraction of sp³-hybridized carbons (Fsp3) is 0.0476. The lowest BCUT2D eigenvalue weighted by Crippen LogP contribution is -2.10. The Labute approximate surface area is 159 Å². The number of benzene rings is 3. The van der Waals surface area contributed by atoms with Crippen LogP contribution < -0.4 is 4.74 Å². The lowest BCUT2D eigenvalue weighted by molar-refractivity contribution is 0.0471. The summed E-state index contributed by atoms with van der Waals surface area (Å²) in [5.41, 5.74) is 1.54. The Morgan fingerprint density at radius 3 is 2.31 bits per heavy atom. The zero-order valence-corrected chi connectivity index (χ0v) is 15.3. The van der Waals surface area contributed by atoms with Crippen LogP contribution in [-0.4, -0.2) is 11.9 Å². The SMILES string of the molecule is O=C(Oc1ccccc1)c1cccc(COC(=O)c2ccccc2Br)c1. The van der Waals surface area contributed by atoms with E-state index in [4.69, 9.17) is 9.47 Å². The number of carbonyl (C=O) groups excluding carboxylic acids is 2. The molecular formula is C21H15BrO4. The predicted octanol–water partition coefficient (Wildman–Crippen LogP) is 5.03. The minimum Gasteiger partial charge on any atom is -0.457 e. The molecule has 0 aliphatic carbocycles. The number of carbonyl (C=O) groups is 2. The Kier molecular flexibility index (Phi) is 5.81. The summed E-state index contributed by atoms with van der Waals surface area (Å²) in [6, 6.07) is 22.7. The summed E-state index contributed by atoms with van der Waals surface area (Å²) in [6.07, 6.45) is 0. The van der Waals surface area contributed by atoms with E-state index in [9.17, 15) is 9.59 Å². The summed E-state index contributed by atoms with van der Waals surface area (Å²) >= 11 is 3.32. The Balaban J connectivity index is 1.65. The van der Waals surface area contributed by atoms with Gasteiger partial charge in [-0.3, -0.25) is 0 Å². The third-order valence-corrected chi connectivity index (χ3v) is 4.27. The maximum atomic E-state index is 12.2. The third kappa shape index (κ3) is 4.58. The fourth-order valence-electron chi connectivity index (χ4n) is 2.30. The van der Waals surface area contributed by atoms with Crippen molar-refractivity contribution in [2.45, 2.75) is 6.61 Å². The van der Waals surface area contributed by atoms with E-state index in [1.807, 2.05) is 12.1 Å². The van der Waals surface area contributed by atoms with Crippen LogP contribution in [-0.2, 0) is 11.3 Å². The molecule has 26 heavy (non-hydrogen) atoms. The van der Waals surface area contributed by atoms with Crippen LogP contribution in [0.15, 0.2) is 83.3 Å². The molecule has 5 heteroatoms. The van der Waals surface area contributed by atoms with Crippen molar-refractivity contribution in [3.8, 4) is 5.75 Å². The monoisotopic (exact) mass is 410 g/mol. The summed E-state index contributed by atoms with van der Waals surface area (Å²) in [7, 11) is 0. The van der Waals surface area contributed by atoms with Crippen molar-refractivity contribution in [2.24, 2.45) is 0 Å². The van der Waals surface area contributed by atoms with Crippen LogP contribution in [0.3, 0.4) is 0 Å². The molecule has 4 nitrogen and oxygen atoms in total. The van der Waals surface area contributed by atoms with Crippen LogP contribution in [0, 0.1) is 0 Å². The molecule has 0 spiro atoms. The van der Waals surface area contributed by atoms with Crippen molar-refractivity contribution in [1.82, 2.24) is 0 Å². The molecule has 0 unspecified atom stereocenters. The first-order valence-corrected chi connectivity index (χ1v) is 8.70. The van der Waals surface area contributed by atoms with E-state index in [1.54, 1.807) is 66.7 Å². The van der Waals surface area contributed by atoms with Gasteiger partial charge in [0.25, 0.3) is 0 Å². The van der Waals surface area contributed by atoms with Gasteiger partial charge in [0, 0.05) is 4.47 Å². The second-order valence-electron chi connectivity index (χ2n) is 5.46. The van der Waals surface area contributed by atoms with Crippen molar-refractivity contribution in [3.05, 3.63) is 100 Å². The van der Waals surface area contributed by atoms with Crippen LogP contribution in [0.4, 0.5) is 0 Å². The molecule has 0 radical (unpaired) electrons. The molecule has 0 aromatic heterocycles. The molecular weight excluding hydrogens is 396 g/mol. The van der Waals surface area contributed by atoms with Crippen molar-refractivity contribution >= 4 is 27.9 Å².